The predicted octanol–water partition coefficient (Wildman–Crippen LogP) is 0.173. The molecule has 0 aromatic rings. The van der Waals surface area contributed by atoms with Crippen LogP contribution >= 0.6 is 0 Å². The lowest BCUT2D eigenvalue weighted by molar-refractivity contribution is -0.145. The zero-order valence-corrected chi connectivity index (χ0v) is 11.1. The van der Waals surface area contributed by atoms with E-state index in [1.807, 2.05) is 0 Å². The molecule has 2 amide bonds. The minimum atomic E-state index is -1.44. The summed E-state index contributed by atoms with van der Waals surface area (Å²) in [7, 11) is 0. The number of aliphatic carboxylic acids is 2. The number of carbonyl (C=O) groups is 3. The van der Waals surface area contributed by atoms with E-state index in [2.05, 4.69) is 10.6 Å². The van der Waals surface area contributed by atoms with Gasteiger partial charge in [-0.25, -0.2) is 9.59 Å². The molecule has 0 aliphatic heterocycles. The van der Waals surface area contributed by atoms with Gasteiger partial charge in [-0.15, -0.1) is 0 Å². The number of amides is 2. The third-order valence-electron chi connectivity index (χ3n) is 3.03. The van der Waals surface area contributed by atoms with E-state index in [1.165, 1.54) is 0 Å². The van der Waals surface area contributed by atoms with Crippen molar-refractivity contribution in [3.63, 3.8) is 0 Å². The van der Waals surface area contributed by atoms with Crippen LogP contribution in [0.1, 0.15) is 32.1 Å². The third kappa shape index (κ3) is 6.37. The van der Waals surface area contributed by atoms with Crippen LogP contribution in [0.25, 0.3) is 0 Å². The van der Waals surface area contributed by atoms with Crippen LogP contribution < -0.4 is 10.6 Å². The molecule has 0 heterocycles. The molecule has 0 bridgehead atoms. The van der Waals surface area contributed by atoms with Crippen molar-refractivity contribution in [1.29, 1.82) is 0 Å². The number of carboxylic acids is 2. The maximum atomic E-state index is 11.4. The van der Waals surface area contributed by atoms with Crippen LogP contribution in [0.3, 0.4) is 0 Å². The van der Waals surface area contributed by atoms with Gasteiger partial charge in [0.2, 0.25) is 0 Å². The molecule has 0 radical (unpaired) electrons. The molecule has 20 heavy (non-hydrogen) atoms. The van der Waals surface area contributed by atoms with Crippen molar-refractivity contribution in [1.82, 2.24) is 10.6 Å². The van der Waals surface area contributed by atoms with Crippen LogP contribution in [0.2, 0.25) is 0 Å². The lowest BCUT2D eigenvalue weighted by Crippen LogP contribution is -2.47. The second kappa shape index (κ2) is 8.36. The summed E-state index contributed by atoms with van der Waals surface area (Å²) in [5.74, 6) is -2.67. The van der Waals surface area contributed by atoms with Gasteiger partial charge in [0.25, 0.3) is 0 Å². The van der Waals surface area contributed by atoms with Crippen molar-refractivity contribution >= 4 is 18.0 Å². The highest BCUT2D eigenvalue weighted by atomic mass is 16.5. The fourth-order valence-electron chi connectivity index (χ4n) is 2.03. The molecule has 1 rings (SSSR count). The van der Waals surface area contributed by atoms with E-state index in [4.69, 9.17) is 14.9 Å². The number of ether oxygens (including phenoxy) is 1. The van der Waals surface area contributed by atoms with E-state index in [9.17, 15) is 14.4 Å². The van der Waals surface area contributed by atoms with Crippen molar-refractivity contribution in [3.05, 3.63) is 0 Å². The summed E-state index contributed by atoms with van der Waals surface area (Å²) >= 11 is 0. The van der Waals surface area contributed by atoms with Gasteiger partial charge in [0.1, 0.15) is 6.04 Å². The number of carbonyl (C=O) groups excluding carboxylic acids is 1. The standard InChI is InChI=1S/C12H20N2O6/c15-10(16)7-9(11(17)18)14-12(19)13-5-6-20-8-3-1-2-4-8/h8-9H,1-7H2,(H,15,16)(H,17,18)(H2,13,14,19)/t9-/m0/s1. The van der Waals surface area contributed by atoms with E-state index in [0.29, 0.717) is 6.61 Å². The van der Waals surface area contributed by atoms with Crippen molar-refractivity contribution in [3.8, 4) is 0 Å². The number of hydrogen-bond donors (Lipinski definition) is 4. The highest BCUT2D eigenvalue weighted by molar-refractivity contribution is 5.86. The average Bonchev–Trinajstić information content (AvgIpc) is 2.86. The van der Waals surface area contributed by atoms with E-state index in [-0.39, 0.29) is 12.6 Å². The van der Waals surface area contributed by atoms with E-state index in [0.717, 1.165) is 25.7 Å². The fraction of sp³-hybridized carbons (Fsp3) is 0.750. The smallest absolute Gasteiger partial charge is 0.326 e. The second-order valence-electron chi connectivity index (χ2n) is 4.67. The molecule has 0 aromatic carbocycles. The number of hydrogen-bond acceptors (Lipinski definition) is 4. The Labute approximate surface area is 116 Å². The molecular formula is C12H20N2O6. The molecule has 4 N–H and O–H groups in total. The Kier molecular flexibility index (Phi) is 6.78. The Balaban J connectivity index is 2.17. The van der Waals surface area contributed by atoms with Crippen LogP contribution in [-0.2, 0) is 14.3 Å². The highest BCUT2D eigenvalue weighted by Gasteiger charge is 2.22. The molecule has 0 aromatic heterocycles. The van der Waals surface area contributed by atoms with Gasteiger partial charge in [0.15, 0.2) is 0 Å². The highest BCUT2D eigenvalue weighted by Crippen LogP contribution is 2.20. The van der Waals surface area contributed by atoms with Crippen LogP contribution in [0.15, 0.2) is 0 Å². The van der Waals surface area contributed by atoms with E-state index in [1.54, 1.807) is 0 Å². The van der Waals surface area contributed by atoms with Crippen molar-refractivity contribution in [2.75, 3.05) is 13.2 Å². The fourth-order valence-corrected chi connectivity index (χ4v) is 2.03. The Morgan fingerprint density at radius 2 is 1.85 bits per heavy atom. The minimum Gasteiger partial charge on any atom is -0.481 e. The van der Waals surface area contributed by atoms with Crippen LogP contribution in [0.4, 0.5) is 4.79 Å². The molecule has 1 aliphatic rings. The molecule has 1 atom stereocenters. The monoisotopic (exact) mass is 288 g/mol. The van der Waals surface area contributed by atoms with Gasteiger partial charge < -0.3 is 25.6 Å². The zero-order chi connectivity index (χ0) is 15.0. The Morgan fingerprint density at radius 3 is 2.40 bits per heavy atom. The summed E-state index contributed by atoms with van der Waals surface area (Å²) < 4.78 is 5.52. The predicted molar refractivity (Wildman–Crippen MR) is 68.4 cm³/mol. The lowest BCUT2D eigenvalue weighted by atomic mass is 10.2. The average molecular weight is 288 g/mol. The maximum absolute atomic E-state index is 11.4. The van der Waals surface area contributed by atoms with E-state index < -0.39 is 30.4 Å². The maximum Gasteiger partial charge on any atom is 0.326 e. The van der Waals surface area contributed by atoms with Gasteiger partial charge in [0, 0.05) is 6.54 Å². The van der Waals surface area contributed by atoms with Gasteiger partial charge in [0.05, 0.1) is 19.1 Å². The first-order chi connectivity index (χ1) is 9.49. The Hall–Kier alpha value is -1.83. The normalized spacial score (nSPS) is 16.6. The molecule has 8 heteroatoms. The largest absolute Gasteiger partial charge is 0.481 e. The molecule has 1 fully saturated rings. The number of rotatable bonds is 8. The summed E-state index contributed by atoms with van der Waals surface area (Å²) in [4.78, 5) is 32.6. The van der Waals surface area contributed by atoms with Gasteiger partial charge in [-0.05, 0) is 12.8 Å². The van der Waals surface area contributed by atoms with Crippen LogP contribution in [-0.4, -0.2) is 53.5 Å². The third-order valence-corrected chi connectivity index (χ3v) is 3.03. The quantitative estimate of drug-likeness (QED) is 0.472. The van der Waals surface area contributed by atoms with Gasteiger partial charge in [-0.1, -0.05) is 12.8 Å². The van der Waals surface area contributed by atoms with E-state index >= 15 is 0 Å². The second-order valence-corrected chi connectivity index (χ2v) is 4.67. The van der Waals surface area contributed by atoms with Crippen LogP contribution in [0, 0.1) is 0 Å². The Morgan fingerprint density at radius 1 is 1.20 bits per heavy atom. The Bertz CT molecular complexity index is 354. The van der Waals surface area contributed by atoms with Gasteiger partial charge in [-0.3, -0.25) is 4.79 Å². The summed E-state index contributed by atoms with van der Waals surface area (Å²) in [6, 6.07) is -2.16. The summed E-state index contributed by atoms with van der Waals surface area (Å²) in [5.41, 5.74) is 0. The minimum absolute atomic E-state index is 0.249. The first-order valence-corrected chi connectivity index (χ1v) is 6.59. The summed E-state index contributed by atoms with van der Waals surface area (Å²) in [6.45, 7) is 0.608. The van der Waals surface area contributed by atoms with Crippen molar-refractivity contribution in [2.24, 2.45) is 0 Å². The molecule has 1 saturated carbocycles. The molecule has 0 spiro atoms. The topological polar surface area (TPSA) is 125 Å². The van der Waals surface area contributed by atoms with Gasteiger partial charge >= 0.3 is 18.0 Å². The lowest BCUT2D eigenvalue weighted by Gasteiger charge is -2.14. The molecule has 0 unspecified atom stereocenters. The SMILES string of the molecule is O=C(O)C[C@H](NC(=O)NCCOC1CCCC1)C(=O)O. The summed E-state index contributed by atoms with van der Waals surface area (Å²) in [6.07, 6.45) is 3.97. The molecule has 114 valence electrons. The molecule has 0 saturated heterocycles. The summed E-state index contributed by atoms with van der Waals surface area (Å²) in [5, 5.41) is 21.8. The number of carboxylic acid groups (broad SMARTS) is 2. The number of urea groups is 1. The zero-order valence-electron chi connectivity index (χ0n) is 11.1. The molecular weight excluding hydrogens is 268 g/mol. The molecule has 1 aliphatic carbocycles. The van der Waals surface area contributed by atoms with Crippen molar-refractivity contribution in [2.45, 2.75) is 44.2 Å². The number of nitrogens with one attached hydrogen (secondary N) is 2. The molecule has 8 nitrogen and oxygen atoms in total. The first-order valence-electron chi connectivity index (χ1n) is 6.59. The van der Waals surface area contributed by atoms with Crippen molar-refractivity contribution < 1.29 is 29.3 Å². The van der Waals surface area contributed by atoms with Crippen LogP contribution in [0.5, 0.6) is 0 Å². The first kappa shape index (κ1) is 16.2. The van der Waals surface area contributed by atoms with Gasteiger partial charge in [-0.2, -0.15) is 0 Å².